The molecule has 0 saturated heterocycles. The number of hydrogen-bond donors (Lipinski definition) is 2. The summed E-state index contributed by atoms with van der Waals surface area (Å²) in [6.45, 7) is 4.55. The van der Waals surface area contributed by atoms with Crippen LogP contribution in [0.15, 0.2) is 35.9 Å². The molecule has 1 aliphatic carbocycles. The monoisotopic (exact) mass is 231 g/mol. The van der Waals surface area contributed by atoms with E-state index >= 15 is 0 Å². The Morgan fingerprint density at radius 2 is 1.94 bits per heavy atom. The second-order valence-corrected chi connectivity index (χ2v) is 5.88. The van der Waals surface area contributed by atoms with Gasteiger partial charge in [-0.15, -0.1) is 0 Å². The molecule has 1 aromatic rings. The Hall–Kier alpha value is -1.28. The Labute approximate surface area is 103 Å². The summed E-state index contributed by atoms with van der Waals surface area (Å²) in [6.07, 6.45) is 5.32. The van der Waals surface area contributed by atoms with E-state index in [-0.39, 0.29) is 6.04 Å². The number of nitrogens with two attached hydrogens (primary N) is 1. The fraction of sp³-hybridized carbons (Fsp3) is 0.467. The summed E-state index contributed by atoms with van der Waals surface area (Å²) in [5, 5.41) is 9.25. The van der Waals surface area contributed by atoms with Gasteiger partial charge in [0.15, 0.2) is 0 Å². The van der Waals surface area contributed by atoms with Crippen LogP contribution in [-0.2, 0) is 6.42 Å². The number of phenolic OH excluding ortho intramolecular Hbond substituents is 1. The predicted molar refractivity (Wildman–Crippen MR) is 70.9 cm³/mol. The van der Waals surface area contributed by atoms with Crippen molar-refractivity contribution in [2.75, 3.05) is 0 Å². The van der Waals surface area contributed by atoms with Crippen LogP contribution in [0.4, 0.5) is 0 Å². The van der Waals surface area contributed by atoms with Gasteiger partial charge in [0.05, 0.1) is 0 Å². The van der Waals surface area contributed by atoms with Crippen LogP contribution in [0.3, 0.4) is 0 Å². The highest BCUT2D eigenvalue weighted by atomic mass is 16.3. The molecule has 2 rings (SSSR count). The van der Waals surface area contributed by atoms with Gasteiger partial charge in [0.25, 0.3) is 0 Å². The summed E-state index contributed by atoms with van der Waals surface area (Å²) in [4.78, 5) is 0. The average Bonchev–Trinajstić information content (AvgIpc) is 2.18. The number of aromatic hydroxyl groups is 1. The van der Waals surface area contributed by atoms with Crippen LogP contribution in [-0.4, -0.2) is 11.1 Å². The SMILES string of the molecule is CC1(C)CC(Cc2ccc(O)cc2)=CC(N)C1. The van der Waals surface area contributed by atoms with Gasteiger partial charge in [-0.2, -0.15) is 0 Å². The van der Waals surface area contributed by atoms with Crippen LogP contribution in [0.1, 0.15) is 32.3 Å². The zero-order valence-corrected chi connectivity index (χ0v) is 10.6. The summed E-state index contributed by atoms with van der Waals surface area (Å²) in [5.41, 5.74) is 9.02. The summed E-state index contributed by atoms with van der Waals surface area (Å²) in [6, 6.07) is 7.62. The Bertz CT molecular complexity index is 417. The second kappa shape index (κ2) is 4.53. The molecule has 0 fully saturated rings. The minimum absolute atomic E-state index is 0.186. The molecule has 0 aliphatic heterocycles. The molecule has 2 nitrogen and oxygen atoms in total. The standard InChI is InChI=1S/C15H21NO/c1-15(2)9-12(8-13(16)10-15)7-11-3-5-14(17)6-4-11/h3-6,8,13,17H,7,9-10,16H2,1-2H3. The molecule has 1 atom stereocenters. The van der Waals surface area contributed by atoms with E-state index in [1.807, 2.05) is 12.1 Å². The molecule has 1 aromatic carbocycles. The van der Waals surface area contributed by atoms with E-state index in [9.17, 15) is 5.11 Å². The lowest BCUT2D eigenvalue weighted by Crippen LogP contribution is -2.31. The van der Waals surface area contributed by atoms with Crippen molar-refractivity contribution in [2.24, 2.45) is 11.1 Å². The third-order valence-electron chi connectivity index (χ3n) is 3.31. The van der Waals surface area contributed by atoms with Crippen molar-refractivity contribution in [3.8, 4) is 5.75 Å². The molecule has 2 heteroatoms. The van der Waals surface area contributed by atoms with E-state index in [2.05, 4.69) is 19.9 Å². The first kappa shape index (κ1) is 12.2. The minimum atomic E-state index is 0.186. The topological polar surface area (TPSA) is 46.2 Å². The first-order valence-electron chi connectivity index (χ1n) is 6.18. The lowest BCUT2D eigenvalue weighted by Gasteiger charge is -2.33. The van der Waals surface area contributed by atoms with Crippen molar-refractivity contribution >= 4 is 0 Å². The van der Waals surface area contributed by atoms with Gasteiger partial charge in [-0.25, -0.2) is 0 Å². The fourth-order valence-electron chi connectivity index (χ4n) is 2.74. The third-order valence-corrected chi connectivity index (χ3v) is 3.31. The number of benzene rings is 1. The van der Waals surface area contributed by atoms with Gasteiger partial charge >= 0.3 is 0 Å². The van der Waals surface area contributed by atoms with E-state index in [1.165, 1.54) is 11.1 Å². The first-order valence-corrected chi connectivity index (χ1v) is 6.18. The first-order chi connectivity index (χ1) is 7.94. The molecular formula is C15H21NO. The Morgan fingerprint density at radius 1 is 1.29 bits per heavy atom. The van der Waals surface area contributed by atoms with E-state index in [0.717, 1.165) is 19.3 Å². The number of allylic oxidation sites excluding steroid dienone is 1. The quantitative estimate of drug-likeness (QED) is 0.769. The third kappa shape index (κ3) is 3.34. The van der Waals surface area contributed by atoms with Crippen LogP contribution in [0, 0.1) is 5.41 Å². The lowest BCUT2D eigenvalue weighted by atomic mass is 9.74. The zero-order chi connectivity index (χ0) is 12.5. The molecule has 1 unspecified atom stereocenters. The molecule has 0 radical (unpaired) electrons. The zero-order valence-electron chi connectivity index (χ0n) is 10.6. The average molecular weight is 231 g/mol. The van der Waals surface area contributed by atoms with Gasteiger partial charge in [-0.3, -0.25) is 0 Å². The van der Waals surface area contributed by atoms with Gasteiger partial charge in [0.2, 0.25) is 0 Å². The molecule has 92 valence electrons. The Balaban J connectivity index is 2.11. The van der Waals surface area contributed by atoms with E-state index < -0.39 is 0 Å². The van der Waals surface area contributed by atoms with Crippen molar-refractivity contribution in [3.63, 3.8) is 0 Å². The maximum atomic E-state index is 9.25. The van der Waals surface area contributed by atoms with E-state index in [0.29, 0.717) is 11.2 Å². The van der Waals surface area contributed by atoms with Crippen LogP contribution in [0.2, 0.25) is 0 Å². The fourth-order valence-corrected chi connectivity index (χ4v) is 2.74. The summed E-state index contributed by atoms with van der Waals surface area (Å²) in [7, 11) is 0. The van der Waals surface area contributed by atoms with Crippen molar-refractivity contribution in [1.29, 1.82) is 0 Å². The molecule has 0 heterocycles. The van der Waals surface area contributed by atoms with E-state index in [4.69, 9.17) is 5.73 Å². The molecule has 17 heavy (non-hydrogen) atoms. The van der Waals surface area contributed by atoms with Gasteiger partial charge in [-0.1, -0.05) is 37.6 Å². The minimum Gasteiger partial charge on any atom is -0.508 e. The van der Waals surface area contributed by atoms with Crippen molar-refractivity contribution in [2.45, 2.75) is 39.2 Å². The smallest absolute Gasteiger partial charge is 0.115 e. The van der Waals surface area contributed by atoms with Crippen LogP contribution < -0.4 is 5.73 Å². The predicted octanol–water partition coefficient (Wildman–Crippen LogP) is 3.01. The van der Waals surface area contributed by atoms with Gasteiger partial charge in [0, 0.05) is 6.04 Å². The summed E-state index contributed by atoms with van der Waals surface area (Å²) < 4.78 is 0. The molecule has 3 N–H and O–H groups in total. The van der Waals surface area contributed by atoms with Gasteiger partial charge < -0.3 is 10.8 Å². The number of rotatable bonds is 2. The molecule has 0 amide bonds. The molecule has 0 spiro atoms. The summed E-state index contributed by atoms with van der Waals surface area (Å²) in [5.74, 6) is 0.323. The largest absolute Gasteiger partial charge is 0.508 e. The maximum absolute atomic E-state index is 9.25. The maximum Gasteiger partial charge on any atom is 0.115 e. The molecular weight excluding hydrogens is 210 g/mol. The normalized spacial score (nSPS) is 23.2. The molecule has 0 saturated carbocycles. The highest BCUT2D eigenvalue weighted by Crippen LogP contribution is 2.35. The summed E-state index contributed by atoms with van der Waals surface area (Å²) >= 11 is 0. The van der Waals surface area contributed by atoms with E-state index in [1.54, 1.807) is 12.1 Å². The highest BCUT2D eigenvalue weighted by molar-refractivity contribution is 5.30. The second-order valence-electron chi connectivity index (χ2n) is 5.88. The van der Waals surface area contributed by atoms with Crippen LogP contribution in [0.25, 0.3) is 0 Å². The van der Waals surface area contributed by atoms with Gasteiger partial charge in [-0.05, 0) is 42.4 Å². The number of phenols is 1. The van der Waals surface area contributed by atoms with Gasteiger partial charge in [0.1, 0.15) is 5.75 Å². The molecule has 0 aromatic heterocycles. The Morgan fingerprint density at radius 3 is 2.53 bits per heavy atom. The van der Waals surface area contributed by atoms with Crippen LogP contribution in [0.5, 0.6) is 5.75 Å². The van der Waals surface area contributed by atoms with Crippen molar-refractivity contribution in [1.82, 2.24) is 0 Å². The van der Waals surface area contributed by atoms with Crippen LogP contribution >= 0.6 is 0 Å². The number of hydrogen-bond acceptors (Lipinski definition) is 2. The lowest BCUT2D eigenvalue weighted by molar-refractivity contribution is 0.299. The van der Waals surface area contributed by atoms with Crippen molar-refractivity contribution < 1.29 is 5.11 Å². The molecule has 1 aliphatic rings. The van der Waals surface area contributed by atoms with Crippen molar-refractivity contribution in [3.05, 3.63) is 41.5 Å². The highest BCUT2D eigenvalue weighted by Gasteiger charge is 2.26. The molecule has 0 bridgehead atoms. The Kier molecular flexibility index (Phi) is 3.25.